The molecule has 5 aromatic rings. The molecule has 200 valence electrons. The Labute approximate surface area is 239 Å². The lowest BCUT2D eigenvalue weighted by Gasteiger charge is -2.12. The van der Waals surface area contributed by atoms with Gasteiger partial charge in [0.15, 0.2) is 16.7 Å². The topological polar surface area (TPSA) is 87.4 Å². The normalized spacial score (nSPS) is 10.3. The molecule has 0 radical (unpaired) electrons. The molecule has 2 aromatic carbocycles. The minimum atomic E-state index is -0.630. The number of carbonyl (C=O) groups excluding carboxylic acids is 1. The maximum atomic E-state index is 15.0. The van der Waals surface area contributed by atoms with Crippen molar-refractivity contribution < 1.29 is 23.9 Å². The second-order valence-electron chi connectivity index (χ2n) is 8.29. The summed E-state index contributed by atoms with van der Waals surface area (Å²) in [7, 11) is 0. The highest BCUT2D eigenvalue weighted by molar-refractivity contribution is 7.80. The quantitative estimate of drug-likeness (QED) is 0.0990. The Hall–Kier alpha value is -4.85. The largest absolute Gasteiger partial charge is 0.453 e. The third-order valence-electron chi connectivity index (χ3n) is 5.65. The van der Waals surface area contributed by atoms with Crippen LogP contribution in [0.5, 0.6) is 11.5 Å². The molecule has 0 aliphatic carbocycles. The Bertz CT molecular complexity index is 1760. The lowest BCUT2D eigenvalue weighted by molar-refractivity contribution is -0.896. The van der Waals surface area contributed by atoms with Crippen LogP contribution in [0.25, 0.3) is 20.8 Å². The van der Waals surface area contributed by atoms with Crippen LogP contribution in [0.1, 0.15) is 18.6 Å². The Morgan fingerprint density at radius 1 is 1.12 bits per heavy atom. The Kier molecular flexibility index (Phi) is 8.69. The highest BCUT2D eigenvalue weighted by Gasteiger charge is 2.18. The molecule has 40 heavy (non-hydrogen) atoms. The zero-order valence-electron chi connectivity index (χ0n) is 20.2. The number of thiophene rings is 1. The van der Waals surface area contributed by atoms with E-state index in [0.717, 1.165) is 9.61 Å². The molecule has 0 fully saturated rings. The number of hydrogen-bond donors (Lipinski definition) is 3. The number of carbonyl (C=O) groups is 1. The van der Waals surface area contributed by atoms with Crippen molar-refractivity contribution >= 4 is 50.5 Å². The Morgan fingerprint density at radius 2 is 1.93 bits per heavy atom. The fourth-order valence-electron chi connectivity index (χ4n) is 3.85. The number of fused-ring (bicyclic) bond motifs is 1. The second-order valence-corrected chi connectivity index (χ2v) is 9.75. The lowest BCUT2D eigenvalue weighted by atomic mass is 10.1. The zero-order chi connectivity index (χ0) is 27.4. The molecule has 3 heterocycles. The van der Waals surface area contributed by atoms with E-state index >= 15 is 0 Å². The van der Waals surface area contributed by atoms with Crippen molar-refractivity contribution in [1.82, 2.24) is 10.3 Å². The van der Waals surface area contributed by atoms with Gasteiger partial charge in [-0.25, -0.2) is 4.39 Å². The van der Waals surface area contributed by atoms with Crippen LogP contribution in [0.3, 0.4) is 0 Å². The third kappa shape index (κ3) is 6.23. The van der Waals surface area contributed by atoms with Crippen LogP contribution in [0, 0.1) is 18.2 Å². The smallest absolute Gasteiger partial charge is 0.274 e. The van der Waals surface area contributed by atoms with Gasteiger partial charge >= 0.3 is 0 Å². The van der Waals surface area contributed by atoms with Gasteiger partial charge in [-0.1, -0.05) is 31.5 Å². The van der Waals surface area contributed by atoms with Crippen molar-refractivity contribution in [3.8, 4) is 34.4 Å². The van der Waals surface area contributed by atoms with Gasteiger partial charge in [0.2, 0.25) is 12.1 Å². The molecule has 0 aliphatic heterocycles. The van der Waals surface area contributed by atoms with E-state index in [4.69, 9.17) is 23.4 Å². The first-order valence-corrected chi connectivity index (χ1v) is 12.9. The Balaban J connectivity index is 0.00000370. The standard InChI is InChI=1S/C29H19FN4O3S2.CH4/c1-2-18-7-3-4-8-19(18)15-27(35)33-29(38)32-20-10-11-24(21(30)16-20)37-25-12-13-31-22-17-26(39-28(22)25)23-9-5-6-14-34(23)36;/h1,3-14,16-17H,15H2,(H2-,31,32,33,35,36,38);1H4/p+1. The molecule has 0 aliphatic rings. The number of aromatic nitrogens is 2. The van der Waals surface area contributed by atoms with Crippen molar-refractivity contribution in [3.63, 3.8) is 0 Å². The minimum Gasteiger partial charge on any atom is -0.453 e. The summed E-state index contributed by atoms with van der Waals surface area (Å²) in [6.45, 7) is 0. The molecule has 0 unspecified atom stereocenters. The number of halogens is 1. The van der Waals surface area contributed by atoms with Crippen LogP contribution in [-0.4, -0.2) is 21.2 Å². The van der Waals surface area contributed by atoms with Gasteiger partial charge < -0.3 is 15.4 Å². The monoisotopic (exact) mass is 571 g/mol. The van der Waals surface area contributed by atoms with E-state index in [-0.39, 0.29) is 30.6 Å². The molecule has 0 saturated heterocycles. The molecule has 10 heteroatoms. The number of anilines is 1. The van der Waals surface area contributed by atoms with Crippen LogP contribution >= 0.6 is 23.6 Å². The number of nitrogens with zero attached hydrogens (tertiary/aromatic N) is 2. The van der Waals surface area contributed by atoms with Crippen molar-refractivity contribution in [1.29, 1.82) is 0 Å². The summed E-state index contributed by atoms with van der Waals surface area (Å²) in [6, 6.07) is 20.2. The predicted octanol–water partition coefficient (Wildman–Crippen LogP) is 6.09. The molecule has 3 N–H and O–H groups in total. The number of pyridine rings is 2. The zero-order valence-corrected chi connectivity index (χ0v) is 21.9. The van der Waals surface area contributed by atoms with Gasteiger partial charge in [-0.05, 0) is 48.1 Å². The van der Waals surface area contributed by atoms with E-state index in [2.05, 4.69) is 21.5 Å². The molecular weight excluding hydrogens is 547 g/mol. The summed E-state index contributed by atoms with van der Waals surface area (Å²) in [4.78, 5) is 17.5. The van der Waals surface area contributed by atoms with Gasteiger partial charge in [-0.2, -0.15) is 0 Å². The summed E-state index contributed by atoms with van der Waals surface area (Å²) < 4.78 is 22.6. The van der Waals surface area contributed by atoms with E-state index in [1.807, 2.05) is 12.1 Å². The highest BCUT2D eigenvalue weighted by Crippen LogP contribution is 2.38. The molecule has 0 atom stereocenters. The number of thiocarbonyl (C=S) groups is 1. The van der Waals surface area contributed by atoms with Crippen molar-refractivity contribution in [2.75, 3.05) is 5.32 Å². The molecule has 0 saturated carbocycles. The minimum absolute atomic E-state index is 0. The first-order valence-electron chi connectivity index (χ1n) is 11.6. The van der Waals surface area contributed by atoms with E-state index in [9.17, 15) is 14.4 Å². The number of hydrogen-bond acceptors (Lipinski definition) is 6. The third-order valence-corrected chi connectivity index (χ3v) is 7.02. The van der Waals surface area contributed by atoms with Crippen molar-refractivity contribution in [3.05, 3.63) is 102 Å². The van der Waals surface area contributed by atoms with Crippen LogP contribution < -0.4 is 20.1 Å². The summed E-state index contributed by atoms with van der Waals surface area (Å²) in [5.41, 5.74) is 2.92. The maximum absolute atomic E-state index is 15.0. The van der Waals surface area contributed by atoms with Gasteiger partial charge in [0.25, 0.3) is 5.69 Å². The summed E-state index contributed by atoms with van der Waals surface area (Å²) in [5.74, 6) is 1.99. The first kappa shape index (κ1) is 28.2. The van der Waals surface area contributed by atoms with Gasteiger partial charge in [0.1, 0.15) is 10.6 Å². The van der Waals surface area contributed by atoms with Crippen LogP contribution in [0.4, 0.5) is 10.1 Å². The molecule has 1 amide bonds. The number of ether oxygens (including phenoxy) is 1. The lowest BCUT2D eigenvalue weighted by Crippen LogP contribution is -2.35. The Morgan fingerprint density at radius 3 is 2.70 bits per heavy atom. The number of terminal acetylenes is 1. The molecule has 7 nitrogen and oxygen atoms in total. The number of benzene rings is 2. The summed E-state index contributed by atoms with van der Waals surface area (Å²) in [5, 5.41) is 15.5. The van der Waals surface area contributed by atoms with Gasteiger partial charge in [0.05, 0.1) is 16.6 Å². The molecular formula is C30H24FN4O3S2+. The number of amides is 1. The van der Waals surface area contributed by atoms with Gasteiger partial charge in [-0.15, -0.1) is 17.8 Å². The average molecular weight is 572 g/mol. The second kappa shape index (κ2) is 12.3. The molecule has 3 aromatic heterocycles. The molecule has 0 bridgehead atoms. The predicted molar refractivity (Wildman–Crippen MR) is 158 cm³/mol. The van der Waals surface area contributed by atoms with E-state index in [1.54, 1.807) is 54.7 Å². The van der Waals surface area contributed by atoms with Gasteiger partial charge in [-0.3, -0.25) is 15.0 Å². The fourth-order valence-corrected chi connectivity index (χ4v) is 5.17. The maximum Gasteiger partial charge on any atom is 0.274 e. The molecule has 0 spiro atoms. The van der Waals surface area contributed by atoms with Crippen LogP contribution in [-0.2, 0) is 11.2 Å². The molecule has 5 rings (SSSR count). The first-order chi connectivity index (χ1) is 18.9. The van der Waals surface area contributed by atoms with Gasteiger partial charge in [0, 0.05) is 46.4 Å². The summed E-state index contributed by atoms with van der Waals surface area (Å²) >= 11 is 6.58. The highest BCUT2D eigenvalue weighted by atomic mass is 32.1. The summed E-state index contributed by atoms with van der Waals surface area (Å²) in [6.07, 6.45) is 8.64. The SMILES string of the molecule is C.C#Cc1ccccc1CC(=O)NC(=S)Nc1ccc(Oc2ccnc3cc(-c4cccc[n+]4O)sc23)c(F)c1. The van der Waals surface area contributed by atoms with Crippen LogP contribution in [0.2, 0.25) is 0 Å². The van der Waals surface area contributed by atoms with E-state index in [1.165, 1.54) is 29.7 Å². The number of rotatable bonds is 6. The average Bonchev–Trinajstić information content (AvgIpc) is 3.36. The van der Waals surface area contributed by atoms with Crippen molar-refractivity contribution in [2.24, 2.45) is 0 Å². The van der Waals surface area contributed by atoms with E-state index in [0.29, 0.717) is 38.5 Å². The fraction of sp³-hybridized carbons (Fsp3) is 0.0667. The number of nitrogens with one attached hydrogen (secondary N) is 2. The van der Waals surface area contributed by atoms with Crippen molar-refractivity contribution in [2.45, 2.75) is 13.8 Å². The van der Waals surface area contributed by atoms with Crippen LogP contribution in [0.15, 0.2) is 85.2 Å². The van der Waals surface area contributed by atoms with E-state index < -0.39 is 5.82 Å².